The van der Waals surface area contributed by atoms with E-state index in [1.807, 2.05) is 30.5 Å². The van der Waals surface area contributed by atoms with Crippen LogP contribution in [0.25, 0.3) is 0 Å². The van der Waals surface area contributed by atoms with Gasteiger partial charge in [0.25, 0.3) is 0 Å². The van der Waals surface area contributed by atoms with Crippen LogP contribution in [-0.4, -0.2) is 11.0 Å². The van der Waals surface area contributed by atoms with Crippen molar-refractivity contribution in [2.24, 2.45) is 5.73 Å². The number of hydrogen-bond donors (Lipinski definition) is 1. The van der Waals surface area contributed by atoms with Gasteiger partial charge in [-0.25, -0.2) is 0 Å². The highest BCUT2D eigenvalue weighted by molar-refractivity contribution is 6.30. The normalized spacial score (nSPS) is 19.4. The molecule has 0 fully saturated rings. The van der Waals surface area contributed by atoms with Crippen LogP contribution in [0.15, 0.2) is 42.6 Å². The fraction of sp³-hybridized carbons (Fsp3) is 0.353. The molecule has 2 aromatic rings. The van der Waals surface area contributed by atoms with Gasteiger partial charge in [-0.2, -0.15) is 0 Å². The van der Waals surface area contributed by atoms with E-state index < -0.39 is 0 Å². The van der Waals surface area contributed by atoms with Gasteiger partial charge >= 0.3 is 0 Å². The van der Waals surface area contributed by atoms with Gasteiger partial charge in [-0.05, 0) is 55.0 Å². The number of fused-ring (bicyclic) bond motifs is 1. The maximum Gasteiger partial charge on any atom is 0.0482 e. The van der Waals surface area contributed by atoms with Crippen molar-refractivity contribution in [1.82, 2.24) is 4.98 Å². The standard InChI is InChI=1S/C17H19ClN2/c18-14-7-1-4-12(10-14)11-16(19)15-8-2-5-13-6-3-9-20-17(13)15/h1,3-4,6-7,9-10,15-16H,2,5,8,11,19H2. The number of aromatic nitrogens is 1. The van der Waals surface area contributed by atoms with Crippen LogP contribution in [0, 0.1) is 0 Å². The van der Waals surface area contributed by atoms with Crippen LogP contribution in [0.1, 0.15) is 35.6 Å². The molecule has 0 bridgehead atoms. The number of nitrogens with zero attached hydrogens (tertiary/aromatic N) is 1. The Morgan fingerprint density at radius 1 is 1.30 bits per heavy atom. The fourth-order valence-electron chi connectivity index (χ4n) is 3.14. The van der Waals surface area contributed by atoms with E-state index in [4.69, 9.17) is 17.3 Å². The van der Waals surface area contributed by atoms with Crippen LogP contribution in [0.2, 0.25) is 5.02 Å². The van der Waals surface area contributed by atoms with E-state index in [1.165, 1.54) is 23.2 Å². The molecule has 0 saturated carbocycles. The van der Waals surface area contributed by atoms with Gasteiger partial charge in [0, 0.05) is 28.9 Å². The zero-order valence-electron chi connectivity index (χ0n) is 11.4. The van der Waals surface area contributed by atoms with Crippen molar-refractivity contribution in [2.75, 3.05) is 0 Å². The van der Waals surface area contributed by atoms with E-state index in [9.17, 15) is 0 Å². The molecule has 0 amide bonds. The van der Waals surface area contributed by atoms with Gasteiger partial charge in [0.1, 0.15) is 0 Å². The Labute approximate surface area is 125 Å². The van der Waals surface area contributed by atoms with E-state index in [0.717, 1.165) is 24.3 Å². The number of aryl methyl sites for hydroxylation is 1. The Morgan fingerprint density at radius 3 is 3.05 bits per heavy atom. The molecule has 2 N–H and O–H groups in total. The van der Waals surface area contributed by atoms with Crippen molar-refractivity contribution >= 4 is 11.6 Å². The predicted molar refractivity (Wildman–Crippen MR) is 83.0 cm³/mol. The average Bonchev–Trinajstić information content (AvgIpc) is 2.46. The molecule has 0 radical (unpaired) electrons. The zero-order valence-corrected chi connectivity index (χ0v) is 12.2. The fourth-order valence-corrected chi connectivity index (χ4v) is 3.35. The Bertz CT molecular complexity index is 597. The van der Waals surface area contributed by atoms with E-state index in [0.29, 0.717) is 5.92 Å². The zero-order chi connectivity index (χ0) is 13.9. The maximum atomic E-state index is 6.46. The minimum atomic E-state index is 0.0995. The summed E-state index contributed by atoms with van der Waals surface area (Å²) in [5.74, 6) is 0.360. The van der Waals surface area contributed by atoms with Crippen molar-refractivity contribution < 1.29 is 0 Å². The van der Waals surface area contributed by atoms with Gasteiger partial charge in [-0.1, -0.05) is 29.8 Å². The third-order valence-corrected chi connectivity index (χ3v) is 4.35. The van der Waals surface area contributed by atoms with Gasteiger partial charge in [-0.3, -0.25) is 4.98 Å². The largest absolute Gasteiger partial charge is 0.327 e. The monoisotopic (exact) mass is 286 g/mol. The van der Waals surface area contributed by atoms with Crippen LogP contribution < -0.4 is 5.73 Å². The molecule has 2 atom stereocenters. The molecule has 0 spiro atoms. The number of benzene rings is 1. The summed E-state index contributed by atoms with van der Waals surface area (Å²) in [4.78, 5) is 4.57. The molecule has 104 valence electrons. The first kappa shape index (κ1) is 13.6. The summed E-state index contributed by atoms with van der Waals surface area (Å²) in [6.45, 7) is 0. The van der Waals surface area contributed by atoms with Crippen molar-refractivity contribution in [2.45, 2.75) is 37.6 Å². The number of pyridine rings is 1. The van der Waals surface area contributed by atoms with Gasteiger partial charge in [-0.15, -0.1) is 0 Å². The third-order valence-electron chi connectivity index (χ3n) is 4.12. The van der Waals surface area contributed by atoms with Crippen LogP contribution in [0.5, 0.6) is 0 Å². The number of nitrogens with two attached hydrogens (primary N) is 1. The lowest BCUT2D eigenvalue weighted by atomic mass is 9.80. The van der Waals surface area contributed by atoms with Crippen LogP contribution in [0.4, 0.5) is 0 Å². The van der Waals surface area contributed by atoms with Crippen LogP contribution in [0.3, 0.4) is 0 Å². The summed E-state index contributed by atoms with van der Waals surface area (Å²) in [7, 11) is 0. The van der Waals surface area contributed by atoms with Crippen molar-refractivity contribution in [1.29, 1.82) is 0 Å². The molecule has 2 nitrogen and oxygen atoms in total. The molecule has 3 heteroatoms. The SMILES string of the molecule is NC(Cc1cccc(Cl)c1)C1CCCc2cccnc21. The van der Waals surface area contributed by atoms with E-state index in [1.54, 1.807) is 0 Å². The molecular formula is C17H19ClN2. The summed E-state index contributed by atoms with van der Waals surface area (Å²) < 4.78 is 0. The molecule has 1 heterocycles. The lowest BCUT2D eigenvalue weighted by Gasteiger charge is -2.29. The second kappa shape index (κ2) is 5.94. The minimum absolute atomic E-state index is 0.0995. The average molecular weight is 287 g/mol. The molecule has 1 aliphatic carbocycles. The van der Waals surface area contributed by atoms with Crippen LogP contribution >= 0.6 is 11.6 Å². The first-order valence-electron chi connectivity index (χ1n) is 7.18. The molecular weight excluding hydrogens is 268 g/mol. The maximum absolute atomic E-state index is 6.46. The molecule has 1 aliphatic rings. The van der Waals surface area contributed by atoms with E-state index in [-0.39, 0.29) is 6.04 Å². The molecule has 0 saturated heterocycles. The minimum Gasteiger partial charge on any atom is -0.327 e. The highest BCUT2D eigenvalue weighted by atomic mass is 35.5. The molecule has 0 aliphatic heterocycles. The predicted octanol–water partition coefficient (Wildman–Crippen LogP) is 3.72. The lowest BCUT2D eigenvalue weighted by molar-refractivity contribution is 0.449. The van der Waals surface area contributed by atoms with Crippen molar-refractivity contribution in [3.63, 3.8) is 0 Å². The molecule has 1 aromatic heterocycles. The quantitative estimate of drug-likeness (QED) is 0.934. The molecule has 3 rings (SSSR count). The van der Waals surface area contributed by atoms with E-state index in [2.05, 4.69) is 17.1 Å². The summed E-state index contributed by atoms with van der Waals surface area (Å²) >= 11 is 6.04. The van der Waals surface area contributed by atoms with Gasteiger partial charge in [0.05, 0.1) is 0 Å². The van der Waals surface area contributed by atoms with E-state index >= 15 is 0 Å². The Kier molecular flexibility index (Phi) is 4.04. The summed E-state index contributed by atoms with van der Waals surface area (Å²) in [5.41, 5.74) is 10.2. The van der Waals surface area contributed by atoms with Crippen molar-refractivity contribution in [3.8, 4) is 0 Å². The number of rotatable bonds is 3. The molecule has 2 unspecified atom stereocenters. The number of hydrogen-bond acceptors (Lipinski definition) is 2. The first-order valence-corrected chi connectivity index (χ1v) is 7.55. The first-order chi connectivity index (χ1) is 9.74. The topological polar surface area (TPSA) is 38.9 Å². The highest BCUT2D eigenvalue weighted by Crippen LogP contribution is 2.32. The highest BCUT2D eigenvalue weighted by Gasteiger charge is 2.26. The lowest BCUT2D eigenvalue weighted by Crippen LogP contribution is -2.33. The van der Waals surface area contributed by atoms with Crippen LogP contribution in [-0.2, 0) is 12.8 Å². The number of halogens is 1. The van der Waals surface area contributed by atoms with Crippen molar-refractivity contribution in [3.05, 3.63) is 64.4 Å². The third kappa shape index (κ3) is 2.87. The Balaban J connectivity index is 1.80. The summed E-state index contributed by atoms with van der Waals surface area (Å²) in [6.07, 6.45) is 6.19. The smallest absolute Gasteiger partial charge is 0.0482 e. The molecule has 1 aromatic carbocycles. The Morgan fingerprint density at radius 2 is 2.20 bits per heavy atom. The Hall–Kier alpha value is -1.38. The second-order valence-corrected chi connectivity index (χ2v) is 5.98. The summed E-state index contributed by atoms with van der Waals surface area (Å²) in [6, 6.07) is 12.3. The van der Waals surface area contributed by atoms with Gasteiger partial charge < -0.3 is 5.73 Å². The molecule has 20 heavy (non-hydrogen) atoms. The summed E-state index contributed by atoms with van der Waals surface area (Å²) in [5, 5.41) is 0.775. The van der Waals surface area contributed by atoms with Gasteiger partial charge in [0.2, 0.25) is 0 Å². The second-order valence-electron chi connectivity index (χ2n) is 5.54. The van der Waals surface area contributed by atoms with Gasteiger partial charge in [0.15, 0.2) is 0 Å².